The van der Waals surface area contributed by atoms with E-state index in [1.54, 1.807) is 7.11 Å². The minimum Gasteiger partial charge on any atom is -0.496 e. The zero-order chi connectivity index (χ0) is 14.8. The Bertz CT molecular complexity index is 505. The highest BCUT2D eigenvalue weighted by molar-refractivity contribution is 9.10. The van der Waals surface area contributed by atoms with Crippen LogP contribution in [-0.2, 0) is 0 Å². The molecule has 0 atom stereocenters. The van der Waals surface area contributed by atoms with Gasteiger partial charge in [-0.1, -0.05) is 13.8 Å². The van der Waals surface area contributed by atoms with Crippen molar-refractivity contribution in [1.82, 2.24) is 4.90 Å². The third kappa shape index (κ3) is 3.70. The van der Waals surface area contributed by atoms with E-state index in [4.69, 9.17) is 4.74 Å². The minimum atomic E-state index is 0.103. The van der Waals surface area contributed by atoms with Crippen LogP contribution in [0.3, 0.4) is 0 Å². The molecule has 1 amide bonds. The van der Waals surface area contributed by atoms with Crippen molar-refractivity contribution in [2.45, 2.75) is 25.0 Å². The third-order valence-corrected chi connectivity index (χ3v) is 5.52. The van der Waals surface area contributed by atoms with Crippen LogP contribution in [-0.4, -0.2) is 41.5 Å². The molecule has 1 aliphatic heterocycles. The van der Waals surface area contributed by atoms with Crippen molar-refractivity contribution in [2.24, 2.45) is 0 Å². The van der Waals surface area contributed by atoms with Crippen molar-refractivity contribution in [1.29, 1.82) is 0 Å². The van der Waals surface area contributed by atoms with Gasteiger partial charge >= 0.3 is 0 Å². The summed E-state index contributed by atoms with van der Waals surface area (Å²) in [6.45, 7) is 6.13. The second kappa shape index (κ2) is 6.39. The average molecular weight is 358 g/mol. The highest BCUT2D eigenvalue weighted by Gasteiger charge is 2.26. The average Bonchev–Trinajstić information content (AvgIpc) is 2.59. The van der Waals surface area contributed by atoms with Crippen LogP contribution in [0.15, 0.2) is 22.7 Å². The van der Waals surface area contributed by atoms with Crippen LogP contribution in [0.1, 0.15) is 30.6 Å². The number of halogens is 1. The lowest BCUT2D eigenvalue weighted by atomic mass is 10.1. The van der Waals surface area contributed by atoms with Crippen molar-refractivity contribution >= 4 is 33.6 Å². The van der Waals surface area contributed by atoms with Crippen LogP contribution in [0.25, 0.3) is 0 Å². The second-order valence-corrected chi connectivity index (χ2v) is 8.16. The van der Waals surface area contributed by atoms with Gasteiger partial charge in [-0.25, -0.2) is 0 Å². The van der Waals surface area contributed by atoms with Gasteiger partial charge in [0.15, 0.2) is 0 Å². The van der Waals surface area contributed by atoms with Gasteiger partial charge in [0.2, 0.25) is 0 Å². The summed E-state index contributed by atoms with van der Waals surface area (Å²) < 4.78 is 6.27. The maximum Gasteiger partial charge on any atom is 0.253 e. The largest absolute Gasteiger partial charge is 0.496 e. The molecule has 2 rings (SSSR count). The maximum absolute atomic E-state index is 12.6. The number of carbonyl (C=O) groups excluding carboxylic acids is 1. The zero-order valence-electron chi connectivity index (χ0n) is 12.1. The van der Waals surface area contributed by atoms with Gasteiger partial charge in [-0.15, -0.1) is 0 Å². The SMILES string of the molecule is COc1ccc(C(=O)N2CCSC(C)(C)CC2)cc1Br. The molecule has 5 heteroatoms. The maximum atomic E-state index is 12.6. The smallest absolute Gasteiger partial charge is 0.253 e. The van der Waals surface area contributed by atoms with Crippen LogP contribution in [0.2, 0.25) is 0 Å². The molecule has 1 aromatic rings. The number of thioether (sulfide) groups is 1. The van der Waals surface area contributed by atoms with Crippen molar-refractivity contribution in [3.05, 3.63) is 28.2 Å². The molecule has 1 saturated heterocycles. The molecule has 1 fully saturated rings. The molecule has 0 radical (unpaired) electrons. The fourth-order valence-electron chi connectivity index (χ4n) is 2.21. The first-order chi connectivity index (χ1) is 9.43. The van der Waals surface area contributed by atoms with E-state index in [0.717, 1.165) is 35.5 Å². The minimum absolute atomic E-state index is 0.103. The first-order valence-corrected chi connectivity index (χ1v) is 8.47. The number of rotatable bonds is 2. The lowest BCUT2D eigenvalue weighted by Crippen LogP contribution is -2.33. The molecule has 0 saturated carbocycles. The molecule has 1 aliphatic rings. The zero-order valence-corrected chi connectivity index (χ0v) is 14.5. The molecule has 110 valence electrons. The molecule has 0 bridgehead atoms. The molecule has 1 heterocycles. The molecular weight excluding hydrogens is 338 g/mol. The molecule has 0 aliphatic carbocycles. The predicted octanol–water partition coefficient (Wildman–Crippen LogP) is 3.82. The van der Waals surface area contributed by atoms with Crippen molar-refractivity contribution in [2.75, 3.05) is 26.0 Å². The first-order valence-electron chi connectivity index (χ1n) is 6.70. The Kier molecular flexibility index (Phi) is 5.02. The van der Waals surface area contributed by atoms with Crippen LogP contribution in [0.5, 0.6) is 5.75 Å². The Morgan fingerprint density at radius 1 is 1.40 bits per heavy atom. The van der Waals surface area contributed by atoms with Gasteiger partial charge in [-0.2, -0.15) is 11.8 Å². The van der Waals surface area contributed by atoms with Gasteiger partial charge in [-0.05, 0) is 40.5 Å². The van der Waals surface area contributed by atoms with Crippen molar-refractivity contribution in [3.63, 3.8) is 0 Å². The summed E-state index contributed by atoms with van der Waals surface area (Å²) in [6.07, 6.45) is 1.03. The van der Waals surface area contributed by atoms with E-state index in [1.165, 1.54) is 0 Å². The van der Waals surface area contributed by atoms with Gasteiger partial charge in [-0.3, -0.25) is 4.79 Å². The lowest BCUT2D eigenvalue weighted by Gasteiger charge is -2.23. The van der Waals surface area contributed by atoms with E-state index in [9.17, 15) is 4.79 Å². The van der Waals surface area contributed by atoms with E-state index in [0.29, 0.717) is 5.56 Å². The van der Waals surface area contributed by atoms with Crippen LogP contribution < -0.4 is 4.74 Å². The monoisotopic (exact) mass is 357 g/mol. The Morgan fingerprint density at radius 2 is 2.15 bits per heavy atom. The summed E-state index contributed by atoms with van der Waals surface area (Å²) in [6, 6.07) is 5.49. The molecule has 0 aromatic heterocycles. The summed E-state index contributed by atoms with van der Waals surface area (Å²) >= 11 is 5.38. The summed E-state index contributed by atoms with van der Waals surface area (Å²) in [4.78, 5) is 14.5. The Balaban J connectivity index is 2.13. The Labute approximate surface area is 133 Å². The normalized spacial score (nSPS) is 18.5. The predicted molar refractivity (Wildman–Crippen MR) is 87.8 cm³/mol. The van der Waals surface area contributed by atoms with Crippen molar-refractivity contribution < 1.29 is 9.53 Å². The quantitative estimate of drug-likeness (QED) is 0.805. The number of hydrogen-bond donors (Lipinski definition) is 0. The Hall–Kier alpha value is -0.680. The number of amides is 1. The molecule has 20 heavy (non-hydrogen) atoms. The van der Waals surface area contributed by atoms with E-state index < -0.39 is 0 Å². The summed E-state index contributed by atoms with van der Waals surface area (Å²) in [7, 11) is 1.62. The molecule has 1 aromatic carbocycles. The first kappa shape index (κ1) is 15.7. The highest BCUT2D eigenvalue weighted by Crippen LogP contribution is 2.31. The van der Waals surface area contributed by atoms with Crippen LogP contribution >= 0.6 is 27.7 Å². The van der Waals surface area contributed by atoms with Gasteiger partial charge < -0.3 is 9.64 Å². The molecule has 3 nitrogen and oxygen atoms in total. The number of nitrogens with zero attached hydrogens (tertiary/aromatic N) is 1. The van der Waals surface area contributed by atoms with E-state index in [-0.39, 0.29) is 10.7 Å². The highest BCUT2D eigenvalue weighted by atomic mass is 79.9. The number of hydrogen-bond acceptors (Lipinski definition) is 3. The summed E-state index contributed by atoms with van der Waals surface area (Å²) in [5.74, 6) is 1.84. The van der Waals surface area contributed by atoms with Gasteiger partial charge in [0.25, 0.3) is 5.91 Å². The Morgan fingerprint density at radius 3 is 2.80 bits per heavy atom. The number of methoxy groups -OCH3 is 1. The fraction of sp³-hybridized carbons (Fsp3) is 0.533. The van der Waals surface area contributed by atoms with Crippen LogP contribution in [0.4, 0.5) is 0 Å². The van der Waals surface area contributed by atoms with Crippen LogP contribution in [0, 0.1) is 0 Å². The molecule has 0 spiro atoms. The fourth-order valence-corrected chi connectivity index (χ4v) is 3.85. The number of ether oxygens (including phenoxy) is 1. The lowest BCUT2D eigenvalue weighted by molar-refractivity contribution is 0.0764. The standard InChI is InChI=1S/C15H20BrNO2S/c1-15(2)6-7-17(8-9-20-15)14(18)11-4-5-13(19-3)12(16)10-11/h4-5,10H,6-9H2,1-3H3. The van der Waals surface area contributed by atoms with Gasteiger partial charge in [0.1, 0.15) is 5.75 Å². The van der Waals surface area contributed by atoms with E-state index in [2.05, 4.69) is 29.8 Å². The van der Waals surface area contributed by atoms with Gasteiger partial charge in [0.05, 0.1) is 11.6 Å². The van der Waals surface area contributed by atoms with E-state index >= 15 is 0 Å². The third-order valence-electron chi connectivity index (χ3n) is 3.52. The van der Waals surface area contributed by atoms with E-state index in [1.807, 2.05) is 34.9 Å². The van der Waals surface area contributed by atoms with Crippen molar-refractivity contribution in [3.8, 4) is 5.75 Å². The molecule has 0 N–H and O–H groups in total. The second-order valence-electron chi connectivity index (χ2n) is 5.50. The number of carbonyl (C=O) groups is 1. The topological polar surface area (TPSA) is 29.5 Å². The molecule has 0 unspecified atom stereocenters. The summed E-state index contributed by atoms with van der Waals surface area (Å²) in [5.41, 5.74) is 0.711. The summed E-state index contributed by atoms with van der Waals surface area (Å²) in [5, 5.41) is 0. The molecular formula is C15H20BrNO2S. The number of benzene rings is 1. The van der Waals surface area contributed by atoms with Gasteiger partial charge in [0, 0.05) is 29.2 Å².